The van der Waals surface area contributed by atoms with Crippen LogP contribution in [0.25, 0.3) is 65.4 Å². The fourth-order valence-electron chi connectivity index (χ4n) is 9.91. The molecule has 11 aromatic rings. The fourth-order valence-corrected chi connectivity index (χ4v) is 9.91. The van der Waals surface area contributed by atoms with E-state index in [1.54, 1.807) is 0 Å². The summed E-state index contributed by atoms with van der Waals surface area (Å²) in [5.74, 6) is 0.266. The van der Waals surface area contributed by atoms with Gasteiger partial charge in [0, 0.05) is 44.3 Å². The monoisotopic (exact) mass is 818 g/mol. The highest BCUT2D eigenvalue weighted by molar-refractivity contribution is 6.23. The van der Waals surface area contributed by atoms with Gasteiger partial charge in [-0.15, -0.1) is 0 Å². The first-order valence-corrected chi connectivity index (χ1v) is 22.1. The summed E-state index contributed by atoms with van der Waals surface area (Å²) < 4.78 is 13.9. The predicted molar refractivity (Wildman–Crippen MR) is 268 cm³/mol. The van der Waals surface area contributed by atoms with Gasteiger partial charge in [0.2, 0.25) is 0 Å². The zero-order valence-corrected chi connectivity index (χ0v) is 37.2. The van der Waals surface area contributed by atoms with E-state index in [1.807, 2.05) is 0 Å². The molecule has 4 heteroatoms. The molecular weight excluding hydrogens is 769 g/mol. The van der Waals surface area contributed by atoms with Crippen LogP contribution in [0.5, 0.6) is 0 Å². The molecule has 0 spiro atoms. The lowest BCUT2D eigenvalue weighted by Crippen LogP contribution is -2.12. The summed E-state index contributed by atoms with van der Waals surface area (Å²) in [5.41, 5.74) is 18.8. The summed E-state index contributed by atoms with van der Waals surface area (Å²) in [5, 5.41) is 8.99. The second kappa shape index (κ2) is 14.7. The van der Waals surface area contributed by atoms with E-state index >= 15 is 0 Å². The van der Waals surface area contributed by atoms with Crippen LogP contribution in [0.15, 0.2) is 160 Å². The van der Waals surface area contributed by atoms with Gasteiger partial charge in [-0.1, -0.05) is 97.8 Å². The van der Waals surface area contributed by atoms with E-state index in [1.165, 1.54) is 55.7 Å². The molecule has 63 heavy (non-hydrogen) atoms. The molecule has 0 aliphatic rings. The zero-order chi connectivity index (χ0) is 43.3. The molecule has 0 atom stereocenters. The minimum Gasteiger partial charge on any atom is -0.452 e. The van der Waals surface area contributed by atoms with E-state index < -0.39 is 0 Å². The SMILES string of the molecule is Cc1ccc(N(c2ccc3cc4c(cc3c2)oc2c4cc(C(C)C)c3c4cc5ccc(N(c6ccc(C)cc6)c6c(C)cccc6C)cc5cc4oc23)c2c(C)cccc2C)cc1. The summed E-state index contributed by atoms with van der Waals surface area (Å²) in [4.78, 5) is 4.77. The topological polar surface area (TPSA) is 32.8 Å². The summed E-state index contributed by atoms with van der Waals surface area (Å²) in [6.45, 7) is 17.6. The summed E-state index contributed by atoms with van der Waals surface area (Å²) in [7, 11) is 0. The van der Waals surface area contributed by atoms with Crippen molar-refractivity contribution in [1.29, 1.82) is 0 Å². The second-order valence-corrected chi connectivity index (χ2v) is 18.0. The number of furan rings is 2. The Bertz CT molecular complexity index is 3570. The van der Waals surface area contributed by atoms with Crippen LogP contribution in [0.4, 0.5) is 34.1 Å². The normalized spacial score (nSPS) is 12.0. The minimum atomic E-state index is 0.266. The molecule has 308 valence electrons. The Hall–Kier alpha value is -7.30. The van der Waals surface area contributed by atoms with Gasteiger partial charge < -0.3 is 18.6 Å². The van der Waals surface area contributed by atoms with Crippen molar-refractivity contribution in [2.75, 3.05) is 9.80 Å². The van der Waals surface area contributed by atoms with Crippen LogP contribution in [0.1, 0.15) is 58.7 Å². The van der Waals surface area contributed by atoms with Gasteiger partial charge in [-0.05, 0) is 176 Å². The summed E-state index contributed by atoms with van der Waals surface area (Å²) in [6, 6.07) is 55.6. The average Bonchev–Trinajstić information content (AvgIpc) is 3.82. The molecule has 0 N–H and O–H groups in total. The van der Waals surface area contributed by atoms with E-state index in [-0.39, 0.29) is 5.92 Å². The van der Waals surface area contributed by atoms with Crippen LogP contribution in [-0.2, 0) is 0 Å². The second-order valence-electron chi connectivity index (χ2n) is 18.0. The van der Waals surface area contributed by atoms with Gasteiger partial charge in [0.1, 0.15) is 11.2 Å². The van der Waals surface area contributed by atoms with Gasteiger partial charge in [-0.2, -0.15) is 0 Å². The number of aryl methyl sites for hydroxylation is 6. The van der Waals surface area contributed by atoms with Gasteiger partial charge in [-0.3, -0.25) is 0 Å². The van der Waals surface area contributed by atoms with Crippen molar-refractivity contribution in [3.8, 4) is 0 Å². The molecule has 0 aliphatic carbocycles. The number of rotatable bonds is 7. The van der Waals surface area contributed by atoms with Crippen LogP contribution >= 0.6 is 0 Å². The van der Waals surface area contributed by atoms with Gasteiger partial charge >= 0.3 is 0 Å². The third kappa shape index (κ3) is 6.35. The Kier molecular flexibility index (Phi) is 8.99. The van der Waals surface area contributed by atoms with Crippen molar-refractivity contribution >= 4 is 99.5 Å². The standard InChI is InChI=1S/C59H50N2O2/c1-34(2)49-33-51-50-29-41-19-25-47(60(45-21-15-35(3)16-22-45)56-37(5)11-9-12-38(56)6)27-43(41)31-53(50)62-58(51)59-55(49)52-30-42-20-26-48(28-44(42)32-54(52)63-59)61(46-23-17-36(4)18-24-46)57-39(7)13-10-14-40(57)8/h9-34H,1-8H3. The molecule has 0 aliphatic heterocycles. The maximum absolute atomic E-state index is 6.98. The molecule has 2 heterocycles. The third-order valence-electron chi connectivity index (χ3n) is 13.1. The largest absolute Gasteiger partial charge is 0.452 e. The lowest BCUT2D eigenvalue weighted by molar-refractivity contribution is 0.633. The predicted octanol–water partition coefficient (Wildman–Crippen LogP) is 17.7. The highest BCUT2D eigenvalue weighted by Crippen LogP contribution is 2.47. The molecule has 0 bridgehead atoms. The summed E-state index contributed by atoms with van der Waals surface area (Å²) in [6.07, 6.45) is 0. The van der Waals surface area contributed by atoms with Gasteiger partial charge in [0.25, 0.3) is 0 Å². The quantitative estimate of drug-likeness (QED) is 0.160. The maximum Gasteiger partial charge on any atom is 0.178 e. The lowest BCUT2D eigenvalue weighted by Gasteiger charge is -2.29. The van der Waals surface area contributed by atoms with Gasteiger partial charge in [0.05, 0.1) is 11.4 Å². The first kappa shape index (κ1) is 38.6. The molecule has 0 radical (unpaired) electrons. The van der Waals surface area contributed by atoms with Crippen LogP contribution < -0.4 is 9.80 Å². The number of hydrogen-bond donors (Lipinski definition) is 0. The van der Waals surface area contributed by atoms with E-state index in [2.05, 4.69) is 217 Å². The number of hydrogen-bond acceptors (Lipinski definition) is 4. The maximum atomic E-state index is 6.98. The molecule has 11 rings (SSSR count). The van der Waals surface area contributed by atoms with Crippen LogP contribution in [-0.4, -0.2) is 0 Å². The number of benzene rings is 9. The Morgan fingerprint density at radius 2 is 0.810 bits per heavy atom. The number of anilines is 6. The molecule has 2 aromatic heterocycles. The first-order chi connectivity index (χ1) is 30.5. The van der Waals surface area contributed by atoms with Crippen molar-refractivity contribution in [3.63, 3.8) is 0 Å². The molecule has 4 nitrogen and oxygen atoms in total. The molecular formula is C59H50N2O2. The van der Waals surface area contributed by atoms with E-state index in [9.17, 15) is 0 Å². The lowest BCUT2D eigenvalue weighted by atomic mass is 9.94. The van der Waals surface area contributed by atoms with Crippen molar-refractivity contribution < 1.29 is 8.83 Å². The highest BCUT2D eigenvalue weighted by atomic mass is 16.4. The molecule has 0 saturated carbocycles. The average molecular weight is 819 g/mol. The molecule has 0 saturated heterocycles. The minimum absolute atomic E-state index is 0.266. The smallest absolute Gasteiger partial charge is 0.178 e. The molecule has 0 amide bonds. The number of fused-ring (bicyclic) bond motifs is 9. The van der Waals surface area contributed by atoms with Crippen molar-refractivity contribution in [2.24, 2.45) is 0 Å². The van der Waals surface area contributed by atoms with Crippen LogP contribution in [0.2, 0.25) is 0 Å². The van der Waals surface area contributed by atoms with Gasteiger partial charge in [0.15, 0.2) is 11.2 Å². The third-order valence-corrected chi connectivity index (χ3v) is 13.1. The van der Waals surface area contributed by atoms with E-state index in [0.29, 0.717) is 0 Å². The van der Waals surface area contributed by atoms with Crippen LogP contribution in [0.3, 0.4) is 0 Å². The van der Waals surface area contributed by atoms with Crippen LogP contribution in [0, 0.1) is 41.5 Å². The first-order valence-electron chi connectivity index (χ1n) is 22.1. The Labute approximate surface area is 368 Å². The highest BCUT2D eigenvalue weighted by Gasteiger charge is 2.24. The summed E-state index contributed by atoms with van der Waals surface area (Å²) >= 11 is 0. The van der Waals surface area contributed by atoms with E-state index in [0.717, 1.165) is 82.8 Å². The number of para-hydroxylation sites is 2. The molecule has 0 unspecified atom stereocenters. The zero-order valence-electron chi connectivity index (χ0n) is 37.2. The van der Waals surface area contributed by atoms with Crippen molar-refractivity contribution in [1.82, 2.24) is 0 Å². The van der Waals surface area contributed by atoms with Crippen molar-refractivity contribution in [3.05, 3.63) is 191 Å². The fraction of sp³-hybridized carbons (Fsp3) is 0.153. The Morgan fingerprint density at radius 1 is 0.381 bits per heavy atom. The van der Waals surface area contributed by atoms with E-state index in [4.69, 9.17) is 8.83 Å². The van der Waals surface area contributed by atoms with Gasteiger partial charge in [-0.25, -0.2) is 0 Å². The van der Waals surface area contributed by atoms with Crippen molar-refractivity contribution in [2.45, 2.75) is 61.3 Å². The molecule has 9 aromatic carbocycles. The number of nitrogens with zero attached hydrogens (tertiary/aromatic N) is 2. The Balaban J connectivity index is 1.08. The Morgan fingerprint density at radius 3 is 1.29 bits per heavy atom. The molecule has 0 fully saturated rings.